The smallest absolute Gasteiger partial charge is 0.330 e. The Kier molecular flexibility index (Phi) is 4.22. The van der Waals surface area contributed by atoms with Crippen LogP contribution in [0.25, 0.3) is 0 Å². The second-order valence-corrected chi connectivity index (χ2v) is 5.49. The van der Waals surface area contributed by atoms with Gasteiger partial charge in [0.05, 0.1) is 0 Å². The molecule has 3 unspecified atom stereocenters. The number of carbonyl (C=O) groups is 3. The van der Waals surface area contributed by atoms with Gasteiger partial charge in [-0.25, -0.2) is 9.18 Å². The van der Waals surface area contributed by atoms with Crippen LogP contribution in [0.3, 0.4) is 0 Å². The maximum atomic E-state index is 15.0. The number of hydrogen-bond donors (Lipinski definition) is 2. The normalized spacial score (nSPS) is 24.6. The Morgan fingerprint density at radius 1 is 1.35 bits per heavy atom. The molecule has 3 atom stereocenters. The van der Waals surface area contributed by atoms with Crippen molar-refractivity contribution in [1.82, 2.24) is 10.2 Å². The standard InChI is InChI=1S/C16H17FN2O4/c1-9(2)12(13(21)22)19-14(17)16(15(19)23,18-10(3)20)11-7-5-4-6-8-11/h4-8,12,14H,1H2,2-3H3,(H,18,20)(H,21,22). The molecule has 23 heavy (non-hydrogen) atoms. The average molecular weight is 320 g/mol. The van der Waals surface area contributed by atoms with E-state index in [1.54, 1.807) is 18.2 Å². The fourth-order valence-corrected chi connectivity index (χ4v) is 2.79. The van der Waals surface area contributed by atoms with E-state index >= 15 is 0 Å². The van der Waals surface area contributed by atoms with Crippen LogP contribution in [0, 0.1) is 0 Å². The molecule has 1 heterocycles. The Labute approximate surface area is 132 Å². The number of hydrogen-bond acceptors (Lipinski definition) is 3. The summed E-state index contributed by atoms with van der Waals surface area (Å²) in [5, 5.41) is 11.6. The first kappa shape index (κ1) is 16.7. The number of carbonyl (C=O) groups excluding carboxylic acids is 2. The zero-order valence-electron chi connectivity index (χ0n) is 12.7. The number of benzene rings is 1. The van der Waals surface area contributed by atoms with Gasteiger partial charge >= 0.3 is 5.97 Å². The number of carboxylic acid groups (broad SMARTS) is 1. The minimum absolute atomic E-state index is 0.123. The van der Waals surface area contributed by atoms with Crippen molar-refractivity contribution < 1.29 is 23.9 Å². The molecule has 6 nitrogen and oxygen atoms in total. The molecule has 1 fully saturated rings. The van der Waals surface area contributed by atoms with Gasteiger partial charge in [0.2, 0.25) is 12.2 Å². The SMILES string of the molecule is C=C(C)C(C(=O)O)N1C(=O)C(NC(C)=O)(c2ccccc2)C1F. The summed E-state index contributed by atoms with van der Waals surface area (Å²) in [6.07, 6.45) is -2.01. The predicted octanol–water partition coefficient (Wildman–Crippen LogP) is 1.19. The molecule has 122 valence electrons. The van der Waals surface area contributed by atoms with Crippen LogP contribution in [-0.2, 0) is 19.9 Å². The molecular formula is C16H17FN2O4. The second kappa shape index (κ2) is 5.83. The lowest BCUT2D eigenvalue weighted by molar-refractivity contribution is -0.190. The van der Waals surface area contributed by atoms with Gasteiger partial charge in [-0.05, 0) is 18.1 Å². The summed E-state index contributed by atoms with van der Waals surface area (Å²) in [6, 6.07) is 6.43. The number of halogens is 1. The van der Waals surface area contributed by atoms with Gasteiger partial charge in [0.15, 0.2) is 11.6 Å². The molecule has 0 radical (unpaired) electrons. The van der Waals surface area contributed by atoms with E-state index in [0.717, 1.165) is 0 Å². The lowest BCUT2D eigenvalue weighted by atomic mass is 9.78. The highest BCUT2D eigenvalue weighted by Crippen LogP contribution is 2.43. The van der Waals surface area contributed by atoms with Crippen molar-refractivity contribution in [3.63, 3.8) is 0 Å². The van der Waals surface area contributed by atoms with E-state index < -0.39 is 35.7 Å². The summed E-state index contributed by atoms with van der Waals surface area (Å²) in [5.74, 6) is -2.79. The number of nitrogens with zero attached hydrogens (tertiary/aromatic N) is 1. The Morgan fingerprint density at radius 2 is 1.91 bits per heavy atom. The molecule has 1 aliphatic heterocycles. The lowest BCUT2D eigenvalue weighted by Gasteiger charge is -2.53. The molecule has 2 rings (SSSR count). The van der Waals surface area contributed by atoms with Gasteiger partial charge < -0.3 is 10.4 Å². The molecule has 0 spiro atoms. The van der Waals surface area contributed by atoms with E-state index in [1.165, 1.54) is 26.0 Å². The van der Waals surface area contributed by atoms with Crippen LogP contribution in [-0.4, -0.2) is 40.1 Å². The van der Waals surface area contributed by atoms with Gasteiger partial charge in [-0.2, -0.15) is 0 Å². The summed E-state index contributed by atoms with van der Waals surface area (Å²) in [7, 11) is 0. The van der Waals surface area contributed by atoms with Crippen molar-refractivity contribution in [3.8, 4) is 0 Å². The molecule has 0 aromatic heterocycles. The highest BCUT2D eigenvalue weighted by atomic mass is 19.1. The molecule has 1 aliphatic rings. The minimum atomic E-state index is -2.01. The van der Waals surface area contributed by atoms with Gasteiger partial charge in [-0.1, -0.05) is 36.9 Å². The molecule has 2 amide bonds. The van der Waals surface area contributed by atoms with Crippen molar-refractivity contribution in [2.45, 2.75) is 31.7 Å². The zero-order chi connectivity index (χ0) is 17.4. The molecule has 0 aliphatic carbocycles. The van der Waals surface area contributed by atoms with E-state index in [0.29, 0.717) is 4.90 Å². The third kappa shape index (κ3) is 2.48. The molecule has 0 saturated carbocycles. The van der Waals surface area contributed by atoms with Crippen LogP contribution in [0.15, 0.2) is 42.5 Å². The molecule has 2 N–H and O–H groups in total. The van der Waals surface area contributed by atoms with Gasteiger partial charge in [-0.3, -0.25) is 14.5 Å². The largest absolute Gasteiger partial charge is 0.479 e. The Hall–Kier alpha value is -2.70. The second-order valence-electron chi connectivity index (χ2n) is 5.49. The Bertz CT molecular complexity index is 662. The van der Waals surface area contributed by atoms with E-state index in [-0.39, 0.29) is 11.1 Å². The monoisotopic (exact) mass is 320 g/mol. The number of amides is 2. The van der Waals surface area contributed by atoms with E-state index in [9.17, 15) is 23.9 Å². The topological polar surface area (TPSA) is 86.7 Å². The fourth-order valence-electron chi connectivity index (χ4n) is 2.79. The van der Waals surface area contributed by atoms with Gasteiger partial charge in [0, 0.05) is 6.92 Å². The van der Waals surface area contributed by atoms with Crippen LogP contribution >= 0.6 is 0 Å². The number of nitrogens with one attached hydrogen (secondary N) is 1. The number of alkyl halides is 1. The van der Waals surface area contributed by atoms with E-state index in [1.807, 2.05) is 0 Å². The lowest BCUT2D eigenvalue weighted by Crippen LogP contribution is -2.78. The first-order chi connectivity index (χ1) is 10.7. The van der Waals surface area contributed by atoms with E-state index in [2.05, 4.69) is 11.9 Å². The van der Waals surface area contributed by atoms with Crippen molar-refractivity contribution >= 4 is 17.8 Å². The van der Waals surface area contributed by atoms with Gasteiger partial charge in [0.1, 0.15) is 0 Å². The van der Waals surface area contributed by atoms with Crippen LogP contribution in [0.2, 0.25) is 0 Å². The number of carboxylic acids is 1. The number of β-lactam (4-membered cyclic amide) rings is 1. The number of likely N-dealkylation sites (tertiary alicyclic amines) is 1. The molecule has 0 bridgehead atoms. The van der Waals surface area contributed by atoms with Crippen molar-refractivity contribution in [3.05, 3.63) is 48.0 Å². The van der Waals surface area contributed by atoms with Crippen molar-refractivity contribution in [2.24, 2.45) is 0 Å². The molecule has 7 heteroatoms. The maximum Gasteiger partial charge on any atom is 0.330 e. The first-order valence-electron chi connectivity index (χ1n) is 6.92. The summed E-state index contributed by atoms with van der Waals surface area (Å²) in [6.45, 7) is 6.07. The van der Waals surface area contributed by atoms with Crippen molar-refractivity contribution in [2.75, 3.05) is 0 Å². The third-order valence-corrected chi connectivity index (χ3v) is 3.75. The van der Waals surface area contributed by atoms with Crippen molar-refractivity contribution in [1.29, 1.82) is 0 Å². The number of aliphatic carboxylic acids is 1. The summed E-state index contributed by atoms with van der Waals surface area (Å²) in [5.41, 5.74) is -1.52. The Morgan fingerprint density at radius 3 is 2.30 bits per heavy atom. The van der Waals surface area contributed by atoms with Crippen LogP contribution in [0.1, 0.15) is 19.4 Å². The first-order valence-corrected chi connectivity index (χ1v) is 6.92. The highest BCUT2D eigenvalue weighted by molar-refractivity contribution is 6.01. The van der Waals surface area contributed by atoms with Crippen LogP contribution < -0.4 is 5.32 Å². The third-order valence-electron chi connectivity index (χ3n) is 3.75. The molecular weight excluding hydrogens is 303 g/mol. The zero-order valence-corrected chi connectivity index (χ0v) is 12.7. The maximum absolute atomic E-state index is 15.0. The fraction of sp³-hybridized carbons (Fsp3) is 0.312. The van der Waals surface area contributed by atoms with Crippen LogP contribution in [0.5, 0.6) is 0 Å². The van der Waals surface area contributed by atoms with Crippen LogP contribution in [0.4, 0.5) is 4.39 Å². The van der Waals surface area contributed by atoms with E-state index in [4.69, 9.17) is 0 Å². The molecule has 1 aromatic carbocycles. The van der Waals surface area contributed by atoms with Gasteiger partial charge in [-0.15, -0.1) is 0 Å². The highest BCUT2D eigenvalue weighted by Gasteiger charge is 2.66. The minimum Gasteiger partial charge on any atom is -0.479 e. The quantitative estimate of drug-likeness (QED) is 0.485. The predicted molar refractivity (Wildman–Crippen MR) is 79.9 cm³/mol. The summed E-state index contributed by atoms with van der Waals surface area (Å²) < 4.78 is 15.0. The molecule has 1 saturated heterocycles. The molecule has 1 aromatic rings. The Balaban J connectivity index is 2.48. The number of rotatable bonds is 5. The average Bonchev–Trinajstić information content (AvgIpc) is 2.49. The van der Waals surface area contributed by atoms with Gasteiger partial charge in [0.25, 0.3) is 5.91 Å². The summed E-state index contributed by atoms with van der Waals surface area (Å²) >= 11 is 0. The summed E-state index contributed by atoms with van der Waals surface area (Å²) in [4.78, 5) is 36.0.